The van der Waals surface area contributed by atoms with Gasteiger partial charge in [-0.25, -0.2) is 9.98 Å². The Balaban J connectivity index is 0.00000161. The Morgan fingerprint density at radius 3 is 3.05 bits per heavy atom. The van der Waals surface area contributed by atoms with Gasteiger partial charge < -0.3 is 15.1 Å². The highest BCUT2D eigenvalue weighted by Crippen LogP contribution is 2.23. The molecule has 0 saturated heterocycles. The average Bonchev–Trinajstić information content (AvgIpc) is 2.96. The van der Waals surface area contributed by atoms with Gasteiger partial charge in [-0.15, -0.1) is 35.3 Å². The summed E-state index contributed by atoms with van der Waals surface area (Å²) in [6.07, 6.45) is 4.15. The van der Waals surface area contributed by atoms with E-state index in [-0.39, 0.29) is 24.0 Å². The van der Waals surface area contributed by atoms with E-state index in [1.807, 2.05) is 17.5 Å². The van der Waals surface area contributed by atoms with E-state index in [1.165, 1.54) is 12.8 Å². The van der Waals surface area contributed by atoms with Crippen molar-refractivity contribution in [1.29, 1.82) is 0 Å². The van der Waals surface area contributed by atoms with Crippen molar-refractivity contribution in [2.75, 3.05) is 6.54 Å². The van der Waals surface area contributed by atoms with E-state index in [9.17, 15) is 0 Å². The number of hydrogen-bond acceptors (Lipinski definition) is 4. The van der Waals surface area contributed by atoms with Crippen LogP contribution in [0.2, 0.25) is 0 Å². The Morgan fingerprint density at radius 2 is 2.38 bits per heavy atom. The van der Waals surface area contributed by atoms with Gasteiger partial charge in [-0.1, -0.05) is 6.07 Å². The molecular formula is C14H19IN4OS. The SMILES string of the molecule is CCNC(=NCc1coc(-c2cccs2)n1)NC1CC1.I. The van der Waals surface area contributed by atoms with Crippen molar-refractivity contribution in [3.63, 3.8) is 0 Å². The molecule has 21 heavy (non-hydrogen) atoms. The van der Waals surface area contributed by atoms with Gasteiger partial charge in [-0.3, -0.25) is 0 Å². The maximum Gasteiger partial charge on any atom is 0.236 e. The minimum absolute atomic E-state index is 0. The van der Waals surface area contributed by atoms with Crippen LogP contribution in [-0.2, 0) is 6.54 Å². The number of rotatable bonds is 5. The second kappa shape index (κ2) is 7.79. The van der Waals surface area contributed by atoms with Gasteiger partial charge in [0, 0.05) is 12.6 Å². The fourth-order valence-corrected chi connectivity index (χ4v) is 2.45. The Labute approximate surface area is 145 Å². The molecule has 7 heteroatoms. The van der Waals surface area contributed by atoms with Crippen molar-refractivity contribution < 1.29 is 4.42 Å². The number of hydrogen-bond donors (Lipinski definition) is 2. The summed E-state index contributed by atoms with van der Waals surface area (Å²) in [6.45, 7) is 3.45. The van der Waals surface area contributed by atoms with Crippen molar-refractivity contribution in [3.05, 3.63) is 29.5 Å². The lowest BCUT2D eigenvalue weighted by Crippen LogP contribution is -2.38. The third-order valence-corrected chi connectivity index (χ3v) is 3.80. The van der Waals surface area contributed by atoms with E-state index in [1.54, 1.807) is 17.6 Å². The molecule has 0 unspecified atom stereocenters. The summed E-state index contributed by atoms with van der Waals surface area (Å²) in [4.78, 5) is 10.0. The van der Waals surface area contributed by atoms with Crippen LogP contribution in [0.5, 0.6) is 0 Å². The second-order valence-electron chi connectivity index (χ2n) is 4.74. The average molecular weight is 418 g/mol. The van der Waals surface area contributed by atoms with E-state index >= 15 is 0 Å². The zero-order chi connectivity index (χ0) is 13.8. The number of nitrogens with zero attached hydrogens (tertiary/aromatic N) is 2. The second-order valence-corrected chi connectivity index (χ2v) is 5.68. The first-order chi connectivity index (χ1) is 9.85. The first kappa shape index (κ1) is 16.3. The summed E-state index contributed by atoms with van der Waals surface area (Å²) in [7, 11) is 0. The summed E-state index contributed by atoms with van der Waals surface area (Å²) in [5.74, 6) is 1.53. The van der Waals surface area contributed by atoms with Crippen LogP contribution in [0.3, 0.4) is 0 Å². The minimum atomic E-state index is 0. The van der Waals surface area contributed by atoms with Crippen LogP contribution in [-0.4, -0.2) is 23.5 Å². The topological polar surface area (TPSA) is 62.5 Å². The zero-order valence-electron chi connectivity index (χ0n) is 11.8. The molecule has 2 aromatic heterocycles. The lowest BCUT2D eigenvalue weighted by molar-refractivity contribution is 0.574. The lowest BCUT2D eigenvalue weighted by Gasteiger charge is -2.09. The fourth-order valence-electron chi connectivity index (χ4n) is 1.79. The van der Waals surface area contributed by atoms with Gasteiger partial charge in [0.25, 0.3) is 0 Å². The highest BCUT2D eigenvalue weighted by atomic mass is 127. The smallest absolute Gasteiger partial charge is 0.236 e. The van der Waals surface area contributed by atoms with Gasteiger partial charge in [-0.2, -0.15) is 0 Å². The molecule has 0 aliphatic heterocycles. The molecule has 0 radical (unpaired) electrons. The molecule has 114 valence electrons. The summed E-state index contributed by atoms with van der Waals surface area (Å²) in [5.41, 5.74) is 0.849. The molecule has 2 N–H and O–H groups in total. The predicted octanol–water partition coefficient (Wildman–Crippen LogP) is 3.24. The van der Waals surface area contributed by atoms with E-state index in [0.29, 0.717) is 18.5 Å². The van der Waals surface area contributed by atoms with Crippen LogP contribution in [0.25, 0.3) is 10.8 Å². The van der Waals surface area contributed by atoms with E-state index in [2.05, 4.69) is 27.5 Å². The van der Waals surface area contributed by atoms with Crippen LogP contribution in [0.4, 0.5) is 0 Å². The van der Waals surface area contributed by atoms with Crippen LogP contribution in [0.1, 0.15) is 25.5 Å². The van der Waals surface area contributed by atoms with Crippen molar-refractivity contribution >= 4 is 41.3 Å². The Morgan fingerprint density at radius 1 is 1.52 bits per heavy atom. The molecule has 1 saturated carbocycles. The van der Waals surface area contributed by atoms with Gasteiger partial charge in [0.2, 0.25) is 5.89 Å². The molecule has 0 atom stereocenters. The molecule has 3 rings (SSSR count). The van der Waals surface area contributed by atoms with E-state index in [0.717, 1.165) is 23.1 Å². The highest BCUT2D eigenvalue weighted by Gasteiger charge is 2.22. The minimum Gasteiger partial charge on any atom is -0.443 e. The largest absolute Gasteiger partial charge is 0.443 e. The number of nitrogens with one attached hydrogen (secondary N) is 2. The number of aliphatic imine (C=N–C) groups is 1. The summed E-state index contributed by atoms with van der Waals surface area (Å²) >= 11 is 1.62. The Kier molecular flexibility index (Phi) is 6.04. The number of oxazole rings is 1. The van der Waals surface area contributed by atoms with Crippen LogP contribution in [0, 0.1) is 0 Å². The van der Waals surface area contributed by atoms with Crippen molar-refractivity contribution in [2.45, 2.75) is 32.4 Å². The molecule has 2 heterocycles. The zero-order valence-corrected chi connectivity index (χ0v) is 15.0. The molecule has 2 aromatic rings. The van der Waals surface area contributed by atoms with Crippen molar-refractivity contribution in [3.8, 4) is 10.8 Å². The normalized spacial score (nSPS) is 14.6. The van der Waals surface area contributed by atoms with Gasteiger partial charge in [0.05, 0.1) is 11.4 Å². The van der Waals surface area contributed by atoms with Crippen LogP contribution in [0.15, 0.2) is 33.2 Å². The Hall–Kier alpha value is -1.09. The maximum absolute atomic E-state index is 5.48. The van der Waals surface area contributed by atoms with E-state index < -0.39 is 0 Å². The third kappa shape index (κ3) is 4.70. The van der Waals surface area contributed by atoms with Gasteiger partial charge in [-0.05, 0) is 31.2 Å². The molecular weight excluding hydrogens is 399 g/mol. The molecule has 0 amide bonds. The quantitative estimate of drug-likeness (QED) is 0.445. The van der Waals surface area contributed by atoms with Crippen molar-refractivity contribution in [2.24, 2.45) is 4.99 Å². The number of aromatic nitrogens is 1. The molecule has 0 bridgehead atoms. The predicted molar refractivity (Wildman–Crippen MR) is 96.2 cm³/mol. The van der Waals surface area contributed by atoms with Crippen molar-refractivity contribution in [1.82, 2.24) is 15.6 Å². The maximum atomic E-state index is 5.48. The summed E-state index contributed by atoms with van der Waals surface area (Å²) < 4.78 is 5.48. The monoisotopic (exact) mass is 418 g/mol. The first-order valence-electron chi connectivity index (χ1n) is 6.88. The summed E-state index contributed by atoms with van der Waals surface area (Å²) in [5, 5.41) is 8.63. The Bertz CT molecular complexity index is 578. The van der Waals surface area contributed by atoms with Gasteiger partial charge >= 0.3 is 0 Å². The number of halogens is 1. The standard InChI is InChI=1S/C14H18N4OS.HI/c1-2-15-14(18-10-5-6-10)16-8-11-9-19-13(17-11)12-4-3-7-20-12;/h3-4,7,9-10H,2,5-6,8H2,1H3,(H2,15,16,18);1H. The highest BCUT2D eigenvalue weighted by molar-refractivity contribution is 14.0. The van der Waals surface area contributed by atoms with Gasteiger partial charge in [0.1, 0.15) is 12.0 Å². The molecule has 1 aliphatic carbocycles. The van der Waals surface area contributed by atoms with Crippen LogP contribution < -0.4 is 10.6 Å². The third-order valence-electron chi connectivity index (χ3n) is 2.95. The molecule has 0 spiro atoms. The lowest BCUT2D eigenvalue weighted by atomic mass is 10.4. The van der Waals surface area contributed by atoms with E-state index in [4.69, 9.17) is 4.42 Å². The molecule has 0 aromatic carbocycles. The van der Waals surface area contributed by atoms with Gasteiger partial charge in [0.15, 0.2) is 5.96 Å². The fraction of sp³-hybridized carbons (Fsp3) is 0.429. The summed E-state index contributed by atoms with van der Waals surface area (Å²) in [6, 6.07) is 4.58. The molecule has 1 aliphatic rings. The molecule has 1 fully saturated rings. The number of thiophene rings is 1. The molecule has 5 nitrogen and oxygen atoms in total. The van der Waals surface area contributed by atoms with Crippen LogP contribution >= 0.6 is 35.3 Å². The number of guanidine groups is 1. The first-order valence-corrected chi connectivity index (χ1v) is 7.76.